The summed E-state index contributed by atoms with van der Waals surface area (Å²) in [6.45, 7) is 16.3. The first-order valence-electron chi connectivity index (χ1n) is 12.9. The fourth-order valence-corrected chi connectivity index (χ4v) is 8.49. The lowest BCUT2D eigenvalue weighted by atomic mass is 9.47. The van der Waals surface area contributed by atoms with Crippen LogP contribution in [0.2, 0.25) is 0 Å². The second-order valence-corrected chi connectivity index (χ2v) is 12.0. The van der Waals surface area contributed by atoms with Crippen LogP contribution in [0.3, 0.4) is 0 Å². The minimum Gasteiger partial charge on any atom is -0.393 e. The van der Waals surface area contributed by atoms with Gasteiger partial charge in [0.05, 0.1) is 6.10 Å². The summed E-state index contributed by atoms with van der Waals surface area (Å²) in [5, 5.41) is 10.3. The first kappa shape index (κ1) is 22.4. The van der Waals surface area contributed by atoms with Crippen LogP contribution >= 0.6 is 0 Å². The third kappa shape index (κ3) is 3.58. The highest BCUT2D eigenvalue weighted by Gasteiger charge is 2.57. The second-order valence-electron chi connectivity index (χ2n) is 12.0. The first-order valence-corrected chi connectivity index (χ1v) is 12.9. The molecule has 168 valence electrons. The predicted octanol–water partition coefficient (Wildman–Crippen LogP) is 7.72. The fraction of sp³-hybridized carbons (Fsp3) is 0.793. The van der Waals surface area contributed by atoms with Gasteiger partial charge < -0.3 is 5.11 Å². The first-order chi connectivity index (χ1) is 14.2. The molecule has 9 atom stereocenters. The zero-order valence-corrected chi connectivity index (χ0v) is 20.3. The van der Waals surface area contributed by atoms with Crippen molar-refractivity contribution in [1.29, 1.82) is 0 Å². The molecule has 4 aliphatic carbocycles. The van der Waals surface area contributed by atoms with Gasteiger partial charge in [-0.2, -0.15) is 0 Å². The van der Waals surface area contributed by atoms with Gasteiger partial charge in [0.25, 0.3) is 0 Å². The van der Waals surface area contributed by atoms with Gasteiger partial charge in [-0.3, -0.25) is 0 Å². The molecule has 0 spiro atoms. The molecule has 1 nitrogen and oxygen atoms in total. The van der Waals surface area contributed by atoms with Crippen LogP contribution in [0.15, 0.2) is 36.0 Å². The molecule has 0 aromatic heterocycles. The van der Waals surface area contributed by atoms with Crippen molar-refractivity contribution in [3.63, 3.8) is 0 Å². The Morgan fingerprint density at radius 3 is 2.53 bits per heavy atom. The van der Waals surface area contributed by atoms with Gasteiger partial charge in [0.1, 0.15) is 0 Å². The second kappa shape index (κ2) is 8.27. The maximum absolute atomic E-state index is 10.3. The third-order valence-corrected chi connectivity index (χ3v) is 10.5. The van der Waals surface area contributed by atoms with Crippen molar-refractivity contribution in [2.45, 2.75) is 98.5 Å². The highest BCUT2D eigenvalue weighted by molar-refractivity contribution is 5.28. The molecule has 4 rings (SSSR count). The Morgan fingerprint density at radius 1 is 1.13 bits per heavy atom. The number of allylic oxidation sites excluding steroid dienone is 5. The fourth-order valence-electron chi connectivity index (χ4n) is 8.49. The molecule has 0 aromatic rings. The number of hydrogen-bond donors (Lipinski definition) is 1. The molecule has 4 aliphatic rings. The molecule has 1 N–H and O–H groups in total. The molecule has 0 saturated heterocycles. The monoisotopic (exact) mass is 410 g/mol. The standard InChI is InChI=1S/C29H46O/c1-7-21(19(2)3)9-8-20(4)25-12-13-26-24-11-10-22-18-23(30)14-16-28(22,5)27(24)15-17-29(25,26)6/h8-9,11,20-23,25-27,30H,2,7,10,12-18H2,1,3-6H3/b9-8-/t20-,21-,22+,23+,25-,26+,27+,28-,29+/m0/s1. The van der Waals surface area contributed by atoms with Crippen molar-refractivity contribution in [2.75, 3.05) is 0 Å². The normalized spacial score (nSPS) is 45.3. The van der Waals surface area contributed by atoms with E-state index in [1.807, 2.05) is 5.57 Å². The van der Waals surface area contributed by atoms with E-state index in [9.17, 15) is 5.11 Å². The van der Waals surface area contributed by atoms with Gasteiger partial charge in [-0.05, 0) is 111 Å². The van der Waals surface area contributed by atoms with Crippen LogP contribution in [0.4, 0.5) is 0 Å². The van der Waals surface area contributed by atoms with Crippen molar-refractivity contribution in [1.82, 2.24) is 0 Å². The van der Waals surface area contributed by atoms with Crippen molar-refractivity contribution in [2.24, 2.45) is 46.3 Å². The quantitative estimate of drug-likeness (QED) is 0.460. The summed E-state index contributed by atoms with van der Waals surface area (Å²) in [5.74, 6) is 4.27. The van der Waals surface area contributed by atoms with Gasteiger partial charge in [0.15, 0.2) is 0 Å². The van der Waals surface area contributed by atoms with Crippen LogP contribution in [0.1, 0.15) is 92.4 Å². The Balaban J connectivity index is 1.54. The van der Waals surface area contributed by atoms with E-state index in [4.69, 9.17) is 0 Å². The van der Waals surface area contributed by atoms with E-state index in [0.717, 1.165) is 37.0 Å². The minimum atomic E-state index is -0.0541. The van der Waals surface area contributed by atoms with Crippen LogP contribution in [0.25, 0.3) is 0 Å². The average molecular weight is 411 g/mol. The van der Waals surface area contributed by atoms with E-state index in [-0.39, 0.29) is 6.10 Å². The molecule has 3 fully saturated rings. The van der Waals surface area contributed by atoms with E-state index in [0.29, 0.717) is 28.6 Å². The number of aliphatic hydroxyl groups excluding tert-OH is 1. The predicted molar refractivity (Wildman–Crippen MR) is 128 cm³/mol. The van der Waals surface area contributed by atoms with Crippen LogP contribution in [-0.4, -0.2) is 11.2 Å². The zero-order chi connectivity index (χ0) is 21.7. The van der Waals surface area contributed by atoms with E-state index >= 15 is 0 Å². The van der Waals surface area contributed by atoms with Gasteiger partial charge in [-0.1, -0.05) is 63.6 Å². The van der Waals surface area contributed by atoms with E-state index < -0.39 is 0 Å². The molecule has 0 bridgehead atoms. The number of fused-ring (bicyclic) bond motifs is 5. The molecule has 0 heterocycles. The molecule has 0 aliphatic heterocycles. The number of rotatable bonds is 5. The highest BCUT2D eigenvalue weighted by atomic mass is 16.3. The molecule has 0 radical (unpaired) electrons. The maximum Gasteiger partial charge on any atom is 0.0543 e. The van der Waals surface area contributed by atoms with Gasteiger partial charge in [0, 0.05) is 0 Å². The molecule has 30 heavy (non-hydrogen) atoms. The van der Waals surface area contributed by atoms with Crippen molar-refractivity contribution >= 4 is 0 Å². The van der Waals surface area contributed by atoms with Crippen LogP contribution < -0.4 is 0 Å². The van der Waals surface area contributed by atoms with Crippen molar-refractivity contribution in [3.05, 3.63) is 36.0 Å². The van der Waals surface area contributed by atoms with Gasteiger partial charge in [-0.25, -0.2) is 0 Å². The number of hydrogen-bond acceptors (Lipinski definition) is 1. The molecule has 0 amide bonds. The smallest absolute Gasteiger partial charge is 0.0543 e. The molecular weight excluding hydrogens is 364 g/mol. The summed E-state index contributed by atoms with van der Waals surface area (Å²) in [6, 6.07) is 0. The summed E-state index contributed by atoms with van der Waals surface area (Å²) in [7, 11) is 0. The average Bonchev–Trinajstić information content (AvgIpc) is 3.06. The topological polar surface area (TPSA) is 20.2 Å². The SMILES string of the molecule is C=C(C)[C@H](/C=C\[C@H](C)[C@@H]1CC[C@@H]2C3=CC[C@@H]4C[C@H](O)CC[C@]4(C)[C@@H]3CC[C@@]21C)CC. The van der Waals surface area contributed by atoms with Crippen molar-refractivity contribution < 1.29 is 5.11 Å². The summed E-state index contributed by atoms with van der Waals surface area (Å²) >= 11 is 0. The Labute approximate surface area is 186 Å². The van der Waals surface area contributed by atoms with E-state index in [2.05, 4.69) is 59.4 Å². The Hall–Kier alpha value is -0.820. The molecule has 1 heteroatoms. The maximum atomic E-state index is 10.3. The molecule has 0 aromatic carbocycles. The summed E-state index contributed by atoms with van der Waals surface area (Å²) < 4.78 is 0. The summed E-state index contributed by atoms with van der Waals surface area (Å²) in [6.07, 6.45) is 18.8. The van der Waals surface area contributed by atoms with Crippen LogP contribution in [0.5, 0.6) is 0 Å². The Bertz CT molecular complexity index is 716. The van der Waals surface area contributed by atoms with Crippen LogP contribution in [-0.2, 0) is 0 Å². The lowest BCUT2D eigenvalue weighted by molar-refractivity contribution is -0.0414. The third-order valence-electron chi connectivity index (χ3n) is 10.5. The molecule has 3 saturated carbocycles. The zero-order valence-electron chi connectivity index (χ0n) is 20.3. The van der Waals surface area contributed by atoms with Crippen LogP contribution in [0, 0.1) is 46.3 Å². The molecular formula is C29H46O. The van der Waals surface area contributed by atoms with Crippen molar-refractivity contribution in [3.8, 4) is 0 Å². The van der Waals surface area contributed by atoms with Gasteiger partial charge >= 0.3 is 0 Å². The summed E-state index contributed by atoms with van der Waals surface area (Å²) in [4.78, 5) is 0. The highest BCUT2D eigenvalue weighted by Crippen LogP contribution is 2.66. The largest absolute Gasteiger partial charge is 0.393 e. The minimum absolute atomic E-state index is 0.0541. The van der Waals surface area contributed by atoms with Gasteiger partial charge in [0.2, 0.25) is 0 Å². The Kier molecular flexibility index (Phi) is 6.17. The van der Waals surface area contributed by atoms with Gasteiger partial charge in [-0.15, -0.1) is 0 Å². The van der Waals surface area contributed by atoms with E-state index in [1.54, 1.807) is 0 Å². The summed E-state index contributed by atoms with van der Waals surface area (Å²) in [5.41, 5.74) is 4.04. The molecule has 0 unspecified atom stereocenters. The lowest BCUT2D eigenvalue weighted by Gasteiger charge is -2.57. The van der Waals surface area contributed by atoms with E-state index in [1.165, 1.54) is 44.1 Å². The lowest BCUT2D eigenvalue weighted by Crippen LogP contribution is -2.49. The Morgan fingerprint density at radius 2 is 1.83 bits per heavy atom. The number of aliphatic hydroxyl groups is 1.